The lowest BCUT2D eigenvalue weighted by molar-refractivity contribution is -0.144. The average molecular weight is 329 g/mol. The number of hydrogen-bond donors (Lipinski definition) is 3. The smallest absolute Gasteiger partial charge is 0.323 e. The lowest BCUT2D eigenvalue weighted by Gasteiger charge is -2.09. The number of aromatic amines is 1. The van der Waals surface area contributed by atoms with Gasteiger partial charge in [0.1, 0.15) is 6.04 Å². The van der Waals surface area contributed by atoms with Gasteiger partial charge >= 0.3 is 5.97 Å². The molecule has 2 aromatic rings. The molecule has 7 heteroatoms. The molecule has 2 rings (SSSR count). The number of nitrogens with one attached hydrogen (secondary N) is 1. The molecular formula is C15H21ClN2O4. The van der Waals surface area contributed by atoms with Crippen molar-refractivity contribution in [1.29, 1.82) is 0 Å². The third-order valence-electron chi connectivity index (χ3n) is 2.70. The highest BCUT2D eigenvalue weighted by molar-refractivity contribution is 5.85. The Kier molecular flexibility index (Phi) is 8.89. The zero-order valence-electron chi connectivity index (χ0n) is 12.5. The van der Waals surface area contributed by atoms with Gasteiger partial charge in [-0.2, -0.15) is 0 Å². The van der Waals surface area contributed by atoms with Crippen LogP contribution in [-0.2, 0) is 20.7 Å². The number of carbonyl (C=O) groups is 2. The molecule has 0 amide bonds. The van der Waals surface area contributed by atoms with E-state index >= 15 is 0 Å². The van der Waals surface area contributed by atoms with Crippen molar-refractivity contribution in [1.82, 2.24) is 4.98 Å². The number of para-hydroxylation sites is 1. The average Bonchev–Trinajstić information content (AvgIpc) is 2.82. The van der Waals surface area contributed by atoms with Crippen molar-refractivity contribution in [2.45, 2.75) is 26.3 Å². The standard InChI is InChI=1S/C13H16N2O2.C2H4O2.ClH/c1-2-17-13(16)11(14)7-9-8-15-12-6-4-3-5-10(9)12;1-2(3)4;/h3-6,8,11,15H,2,7,14H2,1H3;1H3,(H,3,4);1H/t11-;;/m0../s1. The van der Waals surface area contributed by atoms with Crippen LogP contribution in [0.5, 0.6) is 0 Å². The predicted octanol–water partition coefficient (Wildman–Crippen LogP) is 2.11. The van der Waals surface area contributed by atoms with Gasteiger partial charge < -0.3 is 20.6 Å². The Morgan fingerprint density at radius 3 is 2.55 bits per heavy atom. The number of esters is 1. The zero-order valence-corrected chi connectivity index (χ0v) is 13.4. The molecule has 1 atom stereocenters. The maximum absolute atomic E-state index is 11.4. The van der Waals surface area contributed by atoms with Crippen molar-refractivity contribution >= 4 is 35.2 Å². The molecule has 122 valence electrons. The fraction of sp³-hybridized carbons (Fsp3) is 0.333. The number of carboxylic acid groups (broad SMARTS) is 1. The molecule has 1 aromatic carbocycles. The van der Waals surface area contributed by atoms with E-state index in [4.69, 9.17) is 20.4 Å². The van der Waals surface area contributed by atoms with E-state index < -0.39 is 12.0 Å². The third kappa shape index (κ3) is 6.15. The van der Waals surface area contributed by atoms with Crippen LogP contribution >= 0.6 is 12.4 Å². The Morgan fingerprint density at radius 1 is 1.36 bits per heavy atom. The Morgan fingerprint density at radius 2 is 1.95 bits per heavy atom. The summed E-state index contributed by atoms with van der Waals surface area (Å²) in [5.41, 5.74) is 7.89. The van der Waals surface area contributed by atoms with Crippen molar-refractivity contribution in [3.63, 3.8) is 0 Å². The molecule has 1 aromatic heterocycles. The monoisotopic (exact) mass is 328 g/mol. The van der Waals surface area contributed by atoms with Crippen LogP contribution in [0.25, 0.3) is 10.9 Å². The van der Waals surface area contributed by atoms with Gasteiger partial charge in [-0.3, -0.25) is 9.59 Å². The number of carbonyl (C=O) groups excluding carboxylic acids is 1. The molecule has 0 aliphatic carbocycles. The SMILES string of the molecule is CC(=O)O.CCOC(=O)[C@@H](N)Cc1c[nH]c2ccccc12.Cl. The first-order valence-electron chi connectivity index (χ1n) is 6.62. The fourth-order valence-electron chi connectivity index (χ4n) is 1.87. The first-order valence-corrected chi connectivity index (χ1v) is 6.62. The summed E-state index contributed by atoms with van der Waals surface area (Å²) in [7, 11) is 0. The summed E-state index contributed by atoms with van der Waals surface area (Å²) in [6, 6.07) is 7.34. The highest BCUT2D eigenvalue weighted by atomic mass is 35.5. The number of aliphatic carboxylic acids is 1. The van der Waals surface area contributed by atoms with Gasteiger partial charge in [-0.15, -0.1) is 12.4 Å². The van der Waals surface area contributed by atoms with E-state index in [0.717, 1.165) is 23.4 Å². The first kappa shape index (κ1) is 19.9. The molecular weight excluding hydrogens is 308 g/mol. The highest BCUT2D eigenvalue weighted by Crippen LogP contribution is 2.18. The predicted molar refractivity (Wildman–Crippen MR) is 87.2 cm³/mol. The lowest BCUT2D eigenvalue weighted by Crippen LogP contribution is -2.34. The second kappa shape index (κ2) is 9.81. The van der Waals surface area contributed by atoms with Gasteiger partial charge in [-0.05, 0) is 18.6 Å². The minimum atomic E-state index is -0.833. The van der Waals surface area contributed by atoms with Gasteiger partial charge in [0.2, 0.25) is 0 Å². The topological polar surface area (TPSA) is 105 Å². The minimum Gasteiger partial charge on any atom is -0.481 e. The van der Waals surface area contributed by atoms with Gasteiger partial charge in [-0.1, -0.05) is 18.2 Å². The normalized spacial score (nSPS) is 10.9. The number of ether oxygens (including phenoxy) is 1. The largest absolute Gasteiger partial charge is 0.481 e. The van der Waals surface area contributed by atoms with E-state index in [1.54, 1.807) is 6.92 Å². The summed E-state index contributed by atoms with van der Waals surface area (Å²) in [5.74, 6) is -1.18. The molecule has 0 fully saturated rings. The molecule has 0 spiro atoms. The summed E-state index contributed by atoms with van der Waals surface area (Å²) in [6.45, 7) is 3.22. The number of halogens is 1. The van der Waals surface area contributed by atoms with Crippen LogP contribution in [0.3, 0.4) is 0 Å². The molecule has 0 aliphatic heterocycles. The first-order chi connectivity index (χ1) is 9.95. The Labute approximate surface area is 135 Å². The number of H-pyrrole nitrogens is 1. The number of nitrogens with two attached hydrogens (primary N) is 1. The minimum absolute atomic E-state index is 0. The molecule has 22 heavy (non-hydrogen) atoms. The van der Waals surface area contributed by atoms with Crippen LogP contribution in [-0.4, -0.2) is 34.7 Å². The van der Waals surface area contributed by atoms with Crippen LogP contribution in [0.15, 0.2) is 30.5 Å². The molecule has 1 heterocycles. The van der Waals surface area contributed by atoms with Crippen molar-refractivity contribution in [2.75, 3.05) is 6.61 Å². The number of carboxylic acids is 1. The number of rotatable bonds is 4. The zero-order chi connectivity index (χ0) is 15.8. The third-order valence-corrected chi connectivity index (χ3v) is 2.70. The van der Waals surface area contributed by atoms with Gasteiger partial charge in [0.05, 0.1) is 6.61 Å². The molecule has 0 aliphatic rings. The van der Waals surface area contributed by atoms with Crippen LogP contribution in [0, 0.1) is 0 Å². The summed E-state index contributed by atoms with van der Waals surface area (Å²) in [6.07, 6.45) is 2.38. The maximum atomic E-state index is 11.4. The van der Waals surface area contributed by atoms with Crippen LogP contribution in [0.1, 0.15) is 19.4 Å². The van der Waals surface area contributed by atoms with Gasteiger partial charge in [0, 0.05) is 30.4 Å². The van der Waals surface area contributed by atoms with Gasteiger partial charge in [0.15, 0.2) is 0 Å². The van der Waals surface area contributed by atoms with E-state index in [-0.39, 0.29) is 18.4 Å². The van der Waals surface area contributed by atoms with Crippen LogP contribution in [0.2, 0.25) is 0 Å². The van der Waals surface area contributed by atoms with E-state index in [9.17, 15) is 4.79 Å². The fourth-order valence-corrected chi connectivity index (χ4v) is 1.87. The lowest BCUT2D eigenvalue weighted by atomic mass is 10.1. The van der Waals surface area contributed by atoms with Gasteiger partial charge in [0.25, 0.3) is 5.97 Å². The maximum Gasteiger partial charge on any atom is 0.323 e. The Bertz CT molecular complexity index is 608. The van der Waals surface area contributed by atoms with Crippen molar-refractivity contribution in [3.8, 4) is 0 Å². The summed E-state index contributed by atoms with van der Waals surface area (Å²) in [5, 5.41) is 8.52. The summed E-state index contributed by atoms with van der Waals surface area (Å²) < 4.78 is 4.89. The Hall–Kier alpha value is -2.05. The summed E-state index contributed by atoms with van der Waals surface area (Å²) >= 11 is 0. The van der Waals surface area contributed by atoms with E-state index in [2.05, 4.69) is 4.98 Å². The molecule has 0 saturated carbocycles. The second-order valence-corrected chi connectivity index (χ2v) is 4.44. The molecule has 0 saturated heterocycles. The number of fused-ring (bicyclic) bond motifs is 1. The molecule has 0 bridgehead atoms. The van der Waals surface area contributed by atoms with E-state index in [0.29, 0.717) is 13.0 Å². The molecule has 6 nitrogen and oxygen atoms in total. The number of benzene rings is 1. The van der Waals surface area contributed by atoms with Crippen molar-refractivity contribution in [3.05, 3.63) is 36.0 Å². The van der Waals surface area contributed by atoms with Crippen molar-refractivity contribution < 1.29 is 19.4 Å². The van der Waals surface area contributed by atoms with Crippen LogP contribution < -0.4 is 5.73 Å². The quantitative estimate of drug-likeness (QED) is 0.745. The van der Waals surface area contributed by atoms with E-state index in [1.807, 2.05) is 30.5 Å². The number of hydrogen-bond acceptors (Lipinski definition) is 4. The summed E-state index contributed by atoms with van der Waals surface area (Å²) in [4.78, 5) is 23.6. The second-order valence-electron chi connectivity index (χ2n) is 4.44. The molecule has 0 unspecified atom stereocenters. The molecule has 0 radical (unpaired) electrons. The van der Waals surface area contributed by atoms with Crippen molar-refractivity contribution in [2.24, 2.45) is 5.73 Å². The Balaban J connectivity index is 0.000000791. The van der Waals surface area contributed by atoms with Gasteiger partial charge in [-0.25, -0.2) is 0 Å². The highest BCUT2D eigenvalue weighted by Gasteiger charge is 2.16. The van der Waals surface area contributed by atoms with Crippen LogP contribution in [0.4, 0.5) is 0 Å². The van der Waals surface area contributed by atoms with E-state index in [1.165, 1.54) is 0 Å². The number of aromatic nitrogens is 1. The molecule has 4 N–H and O–H groups in total.